The summed E-state index contributed by atoms with van der Waals surface area (Å²) >= 11 is 0. The number of sulfone groups is 1. The minimum absolute atomic E-state index is 0.0947. The maximum Gasteiger partial charge on any atom is 0.203 e. The summed E-state index contributed by atoms with van der Waals surface area (Å²) < 4.78 is 38.3. The Bertz CT molecular complexity index is 546. The Morgan fingerprint density at radius 1 is 1.10 bits per heavy atom. The van der Waals surface area contributed by atoms with E-state index in [1.807, 2.05) is 19.1 Å². The third kappa shape index (κ3) is 5.43. The van der Waals surface area contributed by atoms with Crippen molar-refractivity contribution in [2.75, 3.05) is 33.3 Å². The molecule has 0 saturated heterocycles. The van der Waals surface area contributed by atoms with Crippen LogP contribution in [0.25, 0.3) is 0 Å². The fourth-order valence-electron chi connectivity index (χ4n) is 2.04. The number of benzene rings is 1. The first-order valence-corrected chi connectivity index (χ1v) is 8.56. The SMILES string of the molecule is COc1cc(CNC(C)CS(C)(=O)=O)cc(OC)c1OC. The molecule has 6 nitrogen and oxygen atoms in total. The molecule has 0 radical (unpaired) electrons. The summed E-state index contributed by atoms with van der Waals surface area (Å²) in [5.74, 6) is 1.78. The van der Waals surface area contributed by atoms with Gasteiger partial charge in [0.25, 0.3) is 0 Å². The lowest BCUT2D eigenvalue weighted by Crippen LogP contribution is -2.32. The Morgan fingerprint density at radius 3 is 2.00 bits per heavy atom. The molecule has 0 fully saturated rings. The zero-order valence-corrected chi connectivity index (χ0v) is 13.9. The molecule has 1 aromatic rings. The van der Waals surface area contributed by atoms with Gasteiger partial charge in [-0.05, 0) is 24.6 Å². The summed E-state index contributed by atoms with van der Waals surface area (Å²) in [5.41, 5.74) is 0.921. The number of hydrogen-bond acceptors (Lipinski definition) is 6. The Morgan fingerprint density at radius 2 is 1.62 bits per heavy atom. The fourth-order valence-corrected chi connectivity index (χ4v) is 3.07. The third-order valence-corrected chi connectivity index (χ3v) is 4.04. The topological polar surface area (TPSA) is 73.9 Å². The summed E-state index contributed by atoms with van der Waals surface area (Å²) in [6.45, 7) is 2.34. The zero-order valence-electron chi connectivity index (χ0n) is 13.1. The molecule has 1 aromatic carbocycles. The first kappa shape index (κ1) is 17.6. The lowest BCUT2D eigenvalue weighted by atomic mass is 10.1. The second-order valence-electron chi connectivity index (χ2n) is 4.91. The second-order valence-corrected chi connectivity index (χ2v) is 7.09. The lowest BCUT2D eigenvalue weighted by Gasteiger charge is -2.16. The molecular weight excluding hydrogens is 294 g/mol. The van der Waals surface area contributed by atoms with Crippen LogP contribution in [-0.4, -0.2) is 47.8 Å². The summed E-state index contributed by atoms with van der Waals surface area (Å²) in [6, 6.07) is 3.53. The molecule has 1 rings (SSSR count). The first-order valence-electron chi connectivity index (χ1n) is 6.50. The van der Waals surface area contributed by atoms with E-state index in [0.29, 0.717) is 23.8 Å². The van der Waals surface area contributed by atoms with E-state index in [2.05, 4.69) is 5.32 Å². The van der Waals surface area contributed by atoms with E-state index >= 15 is 0 Å². The fraction of sp³-hybridized carbons (Fsp3) is 0.571. The van der Waals surface area contributed by atoms with Crippen LogP contribution in [0.2, 0.25) is 0 Å². The van der Waals surface area contributed by atoms with Crippen molar-refractivity contribution in [3.05, 3.63) is 17.7 Å². The first-order chi connectivity index (χ1) is 9.80. The zero-order chi connectivity index (χ0) is 16.0. The molecule has 0 aliphatic heterocycles. The van der Waals surface area contributed by atoms with Crippen LogP contribution < -0.4 is 19.5 Å². The number of methoxy groups -OCH3 is 3. The van der Waals surface area contributed by atoms with Gasteiger partial charge in [-0.15, -0.1) is 0 Å². The van der Waals surface area contributed by atoms with Gasteiger partial charge in [-0.1, -0.05) is 0 Å². The summed E-state index contributed by atoms with van der Waals surface area (Å²) in [6.07, 6.45) is 1.23. The van der Waals surface area contributed by atoms with Crippen molar-refractivity contribution in [3.8, 4) is 17.2 Å². The number of rotatable bonds is 8. The van der Waals surface area contributed by atoms with E-state index in [1.165, 1.54) is 6.26 Å². The van der Waals surface area contributed by atoms with Gasteiger partial charge < -0.3 is 19.5 Å². The van der Waals surface area contributed by atoms with E-state index in [-0.39, 0.29) is 11.8 Å². The molecule has 1 unspecified atom stereocenters. The van der Waals surface area contributed by atoms with Crippen LogP contribution in [0, 0.1) is 0 Å². The molecule has 1 N–H and O–H groups in total. The van der Waals surface area contributed by atoms with Gasteiger partial charge in [0.15, 0.2) is 11.5 Å². The Labute approximate surface area is 126 Å². The van der Waals surface area contributed by atoms with Crippen molar-refractivity contribution >= 4 is 9.84 Å². The number of hydrogen-bond donors (Lipinski definition) is 1. The Hall–Kier alpha value is -1.47. The predicted octanol–water partition coefficient (Wildman–Crippen LogP) is 1.24. The highest BCUT2D eigenvalue weighted by Gasteiger charge is 2.14. The molecule has 21 heavy (non-hydrogen) atoms. The van der Waals surface area contributed by atoms with Crippen LogP contribution in [0.3, 0.4) is 0 Å². The van der Waals surface area contributed by atoms with E-state index in [1.54, 1.807) is 21.3 Å². The highest BCUT2D eigenvalue weighted by molar-refractivity contribution is 7.90. The molecule has 7 heteroatoms. The Balaban J connectivity index is 2.84. The highest BCUT2D eigenvalue weighted by Crippen LogP contribution is 2.38. The van der Waals surface area contributed by atoms with Gasteiger partial charge in [0.1, 0.15) is 9.84 Å². The van der Waals surface area contributed by atoms with Crippen molar-refractivity contribution in [1.29, 1.82) is 0 Å². The molecule has 0 saturated carbocycles. The molecule has 0 heterocycles. The van der Waals surface area contributed by atoms with Gasteiger partial charge in [-0.3, -0.25) is 0 Å². The van der Waals surface area contributed by atoms with Crippen molar-refractivity contribution in [2.24, 2.45) is 0 Å². The monoisotopic (exact) mass is 317 g/mol. The summed E-state index contributed by atoms with van der Waals surface area (Å²) in [4.78, 5) is 0. The quantitative estimate of drug-likeness (QED) is 0.777. The van der Waals surface area contributed by atoms with Crippen molar-refractivity contribution < 1.29 is 22.6 Å². The third-order valence-electron chi connectivity index (χ3n) is 2.93. The average molecular weight is 317 g/mol. The van der Waals surface area contributed by atoms with E-state index in [4.69, 9.17) is 14.2 Å². The van der Waals surface area contributed by atoms with Gasteiger partial charge in [0, 0.05) is 18.8 Å². The highest BCUT2D eigenvalue weighted by atomic mass is 32.2. The van der Waals surface area contributed by atoms with E-state index in [0.717, 1.165) is 5.56 Å². The van der Waals surface area contributed by atoms with Crippen LogP contribution in [0.1, 0.15) is 12.5 Å². The minimum atomic E-state index is -3.00. The van der Waals surface area contributed by atoms with Crippen molar-refractivity contribution in [3.63, 3.8) is 0 Å². The van der Waals surface area contributed by atoms with Crippen LogP contribution in [0.5, 0.6) is 17.2 Å². The number of ether oxygens (including phenoxy) is 3. The van der Waals surface area contributed by atoms with Crippen LogP contribution in [0.15, 0.2) is 12.1 Å². The summed E-state index contributed by atoms with van der Waals surface area (Å²) in [7, 11) is 1.66. The van der Waals surface area contributed by atoms with Gasteiger partial charge in [-0.2, -0.15) is 0 Å². The standard InChI is InChI=1S/C14H23NO5S/c1-10(9-21(5,16)17)15-8-11-6-12(18-2)14(20-4)13(7-11)19-3/h6-7,10,15H,8-9H2,1-5H3. The second kappa shape index (κ2) is 7.51. The van der Waals surface area contributed by atoms with Crippen LogP contribution >= 0.6 is 0 Å². The minimum Gasteiger partial charge on any atom is -0.493 e. The van der Waals surface area contributed by atoms with Gasteiger partial charge in [-0.25, -0.2) is 8.42 Å². The molecule has 0 amide bonds. The van der Waals surface area contributed by atoms with Crippen molar-refractivity contribution in [2.45, 2.75) is 19.5 Å². The summed E-state index contributed by atoms with van der Waals surface area (Å²) in [5, 5.41) is 3.16. The lowest BCUT2D eigenvalue weighted by molar-refractivity contribution is 0.323. The normalized spacial score (nSPS) is 12.8. The largest absolute Gasteiger partial charge is 0.493 e. The van der Waals surface area contributed by atoms with Gasteiger partial charge in [0.05, 0.1) is 27.1 Å². The van der Waals surface area contributed by atoms with Gasteiger partial charge in [0.2, 0.25) is 5.75 Å². The number of nitrogens with one attached hydrogen (secondary N) is 1. The molecule has 0 aliphatic carbocycles. The molecule has 1 atom stereocenters. The maximum absolute atomic E-state index is 11.2. The molecule has 0 aromatic heterocycles. The van der Waals surface area contributed by atoms with E-state index < -0.39 is 9.84 Å². The maximum atomic E-state index is 11.2. The van der Waals surface area contributed by atoms with Crippen molar-refractivity contribution in [1.82, 2.24) is 5.32 Å². The predicted molar refractivity (Wildman–Crippen MR) is 82.1 cm³/mol. The Kier molecular flexibility index (Phi) is 6.29. The molecule has 0 bridgehead atoms. The van der Waals surface area contributed by atoms with E-state index in [9.17, 15) is 8.42 Å². The average Bonchev–Trinajstić information content (AvgIpc) is 2.41. The van der Waals surface area contributed by atoms with Crippen LogP contribution in [0.4, 0.5) is 0 Å². The smallest absolute Gasteiger partial charge is 0.203 e. The molecule has 0 aliphatic rings. The molecule has 120 valence electrons. The molecule has 0 spiro atoms. The van der Waals surface area contributed by atoms with Crippen LogP contribution in [-0.2, 0) is 16.4 Å². The van der Waals surface area contributed by atoms with Gasteiger partial charge >= 0.3 is 0 Å². The molecular formula is C14H23NO5S.